The summed E-state index contributed by atoms with van der Waals surface area (Å²) in [6.45, 7) is 8.81. The lowest BCUT2D eigenvalue weighted by atomic mass is 10.3. The van der Waals surface area contributed by atoms with Gasteiger partial charge in [-0.1, -0.05) is 6.92 Å². The monoisotopic (exact) mass is 336 g/mol. The predicted octanol–water partition coefficient (Wildman–Crippen LogP) is 3.37. The second-order valence-corrected chi connectivity index (χ2v) is 6.93. The highest BCUT2D eigenvalue weighted by molar-refractivity contribution is 7.10. The van der Waals surface area contributed by atoms with Crippen molar-refractivity contribution >= 4 is 28.6 Å². The van der Waals surface area contributed by atoms with Gasteiger partial charge in [-0.05, 0) is 37.3 Å². The van der Waals surface area contributed by atoms with Crippen LogP contribution in [0.5, 0.6) is 0 Å². The molecule has 0 fully saturated rings. The molecule has 0 saturated heterocycles. The van der Waals surface area contributed by atoms with E-state index in [4.69, 9.17) is 0 Å². The zero-order chi connectivity index (χ0) is 15.8. The van der Waals surface area contributed by atoms with E-state index in [2.05, 4.69) is 58.2 Å². The van der Waals surface area contributed by atoms with E-state index in [0.717, 1.165) is 38.4 Å². The third-order valence-electron chi connectivity index (χ3n) is 3.27. The minimum absolute atomic E-state index is 0.732. The second kappa shape index (κ2) is 8.90. The van der Waals surface area contributed by atoms with Gasteiger partial charge >= 0.3 is 0 Å². The van der Waals surface area contributed by atoms with Crippen LogP contribution >= 0.6 is 22.7 Å². The lowest BCUT2D eigenvalue weighted by Gasteiger charge is -2.10. The van der Waals surface area contributed by atoms with Crippen LogP contribution in [0.15, 0.2) is 21.8 Å². The van der Waals surface area contributed by atoms with Crippen LogP contribution in [-0.4, -0.2) is 24.0 Å². The van der Waals surface area contributed by atoms with Gasteiger partial charge < -0.3 is 10.6 Å². The molecule has 0 radical (unpaired) electrons. The molecule has 0 aromatic carbocycles. The predicted molar refractivity (Wildman–Crippen MR) is 97.1 cm³/mol. The van der Waals surface area contributed by atoms with Gasteiger partial charge in [0.25, 0.3) is 0 Å². The molecule has 0 amide bonds. The Kier molecular flexibility index (Phi) is 6.86. The van der Waals surface area contributed by atoms with Crippen LogP contribution in [0.4, 0.5) is 0 Å². The lowest BCUT2D eigenvalue weighted by Crippen LogP contribution is -2.38. The summed E-state index contributed by atoms with van der Waals surface area (Å²) in [5.41, 5.74) is 2.48. The number of aliphatic imine (C=N–C) groups is 1. The smallest absolute Gasteiger partial charge is 0.191 e. The maximum absolute atomic E-state index is 4.66. The van der Waals surface area contributed by atoms with Crippen molar-refractivity contribution in [3.05, 3.63) is 38.0 Å². The molecule has 0 bridgehead atoms. The summed E-state index contributed by atoms with van der Waals surface area (Å²) in [5.74, 6) is 0.876. The minimum atomic E-state index is 0.732. The molecule has 2 aromatic rings. The summed E-state index contributed by atoms with van der Waals surface area (Å²) in [6.07, 6.45) is 1.95. The molecule has 2 heterocycles. The van der Waals surface area contributed by atoms with E-state index < -0.39 is 0 Å². The van der Waals surface area contributed by atoms with Crippen LogP contribution in [-0.2, 0) is 19.4 Å². The summed E-state index contributed by atoms with van der Waals surface area (Å²) in [7, 11) is 0. The molecule has 22 heavy (non-hydrogen) atoms. The standard InChI is InChI=1S/C16H24N4S2/c1-4-15-20-13(11-22-15)6-8-18-16(17-5-2)19-10-14-12(3)7-9-21-14/h7,9,11H,4-6,8,10H2,1-3H3,(H2,17,18,19). The Morgan fingerprint density at radius 3 is 2.77 bits per heavy atom. The van der Waals surface area contributed by atoms with E-state index >= 15 is 0 Å². The van der Waals surface area contributed by atoms with Crippen LogP contribution in [0, 0.1) is 6.92 Å². The zero-order valence-corrected chi connectivity index (χ0v) is 15.1. The summed E-state index contributed by atoms with van der Waals surface area (Å²) in [6, 6.07) is 2.14. The molecule has 0 aliphatic rings. The van der Waals surface area contributed by atoms with Gasteiger partial charge in [-0.25, -0.2) is 9.98 Å². The molecule has 0 aliphatic heterocycles. The van der Waals surface area contributed by atoms with Crippen molar-refractivity contribution < 1.29 is 0 Å². The Morgan fingerprint density at radius 2 is 2.14 bits per heavy atom. The molecule has 0 aliphatic carbocycles. The van der Waals surface area contributed by atoms with Crippen LogP contribution in [0.2, 0.25) is 0 Å². The number of nitrogens with one attached hydrogen (secondary N) is 2. The van der Waals surface area contributed by atoms with Gasteiger partial charge in [-0.15, -0.1) is 22.7 Å². The Bertz CT molecular complexity index is 601. The Balaban J connectivity index is 1.84. The first-order valence-corrected chi connectivity index (χ1v) is 9.47. The van der Waals surface area contributed by atoms with E-state index in [-0.39, 0.29) is 0 Å². The highest BCUT2D eigenvalue weighted by Gasteiger charge is 2.03. The summed E-state index contributed by atoms with van der Waals surface area (Å²) >= 11 is 3.51. The number of nitrogens with zero attached hydrogens (tertiary/aromatic N) is 2. The molecule has 4 nitrogen and oxygen atoms in total. The van der Waals surface area contributed by atoms with E-state index in [9.17, 15) is 0 Å². The maximum Gasteiger partial charge on any atom is 0.191 e. The van der Waals surface area contributed by atoms with Gasteiger partial charge in [0.2, 0.25) is 0 Å². The first-order chi connectivity index (χ1) is 10.7. The number of rotatable bonds is 7. The normalized spacial score (nSPS) is 11.7. The van der Waals surface area contributed by atoms with Crippen molar-refractivity contribution in [2.24, 2.45) is 4.99 Å². The molecule has 120 valence electrons. The van der Waals surface area contributed by atoms with Gasteiger partial charge in [-0.3, -0.25) is 0 Å². The van der Waals surface area contributed by atoms with Crippen LogP contribution in [0.1, 0.15) is 35.0 Å². The number of aryl methyl sites for hydroxylation is 2. The Labute approximate surface area is 140 Å². The molecule has 0 unspecified atom stereocenters. The molecule has 0 atom stereocenters. The Morgan fingerprint density at radius 1 is 1.27 bits per heavy atom. The molecule has 2 aromatic heterocycles. The van der Waals surface area contributed by atoms with Gasteiger partial charge in [0.15, 0.2) is 5.96 Å². The van der Waals surface area contributed by atoms with Crippen molar-refractivity contribution in [2.45, 2.75) is 40.2 Å². The van der Waals surface area contributed by atoms with E-state index in [1.165, 1.54) is 21.1 Å². The third-order valence-corrected chi connectivity index (χ3v) is 5.32. The van der Waals surface area contributed by atoms with Gasteiger partial charge in [-0.2, -0.15) is 0 Å². The minimum Gasteiger partial charge on any atom is -0.357 e. The molecule has 6 heteroatoms. The van der Waals surface area contributed by atoms with Gasteiger partial charge in [0.05, 0.1) is 17.2 Å². The van der Waals surface area contributed by atoms with Crippen LogP contribution in [0.25, 0.3) is 0 Å². The largest absolute Gasteiger partial charge is 0.357 e. The van der Waals surface area contributed by atoms with E-state index in [1.54, 1.807) is 22.7 Å². The fourth-order valence-corrected chi connectivity index (χ4v) is 3.60. The fraction of sp³-hybridized carbons (Fsp3) is 0.500. The molecule has 0 spiro atoms. The molecule has 2 rings (SSSR count). The average Bonchev–Trinajstić information content (AvgIpc) is 3.13. The quantitative estimate of drug-likeness (QED) is 0.602. The second-order valence-electron chi connectivity index (χ2n) is 4.98. The van der Waals surface area contributed by atoms with Gasteiger partial charge in [0, 0.05) is 29.8 Å². The molecular weight excluding hydrogens is 312 g/mol. The summed E-state index contributed by atoms with van der Waals surface area (Å²) in [4.78, 5) is 10.6. The highest BCUT2D eigenvalue weighted by atomic mass is 32.1. The average molecular weight is 337 g/mol. The van der Waals surface area contributed by atoms with Crippen molar-refractivity contribution in [3.8, 4) is 0 Å². The first-order valence-electron chi connectivity index (χ1n) is 7.71. The van der Waals surface area contributed by atoms with Crippen molar-refractivity contribution in [3.63, 3.8) is 0 Å². The van der Waals surface area contributed by atoms with Crippen molar-refractivity contribution in [1.29, 1.82) is 0 Å². The zero-order valence-electron chi connectivity index (χ0n) is 13.5. The lowest BCUT2D eigenvalue weighted by molar-refractivity contribution is 0.789. The van der Waals surface area contributed by atoms with E-state index in [0.29, 0.717) is 0 Å². The molecule has 0 saturated carbocycles. The van der Waals surface area contributed by atoms with Crippen LogP contribution in [0.3, 0.4) is 0 Å². The maximum atomic E-state index is 4.66. The van der Waals surface area contributed by atoms with Crippen LogP contribution < -0.4 is 10.6 Å². The van der Waals surface area contributed by atoms with Gasteiger partial charge in [0.1, 0.15) is 0 Å². The number of thiazole rings is 1. The SMILES string of the molecule is CCNC(=NCc1sccc1C)NCCc1csc(CC)n1. The van der Waals surface area contributed by atoms with Crippen molar-refractivity contribution in [1.82, 2.24) is 15.6 Å². The number of guanidine groups is 1. The Hall–Kier alpha value is -1.40. The number of aromatic nitrogens is 1. The van der Waals surface area contributed by atoms with Crippen molar-refractivity contribution in [2.75, 3.05) is 13.1 Å². The van der Waals surface area contributed by atoms with E-state index in [1.807, 2.05) is 0 Å². The molecule has 2 N–H and O–H groups in total. The summed E-state index contributed by atoms with van der Waals surface area (Å²) in [5, 5.41) is 12.2. The number of thiophene rings is 1. The topological polar surface area (TPSA) is 49.3 Å². The first kappa shape index (κ1) is 17.0. The number of hydrogen-bond acceptors (Lipinski definition) is 4. The number of hydrogen-bond donors (Lipinski definition) is 2. The highest BCUT2D eigenvalue weighted by Crippen LogP contribution is 2.16. The summed E-state index contributed by atoms with van der Waals surface area (Å²) < 4.78 is 0. The molecular formula is C16H24N4S2. The third kappa shape index (κ3) is 5.10. The fourth-order valence-electron chi connectivity index (χ4n) is 1.99.